The second-order valence-corrected chi connectivity index (χ2v) is 6.96. The molecule has 2 nitrogen and oxygen atoms in total. The lowest BCUT2D eigenvalue weighted by Gasteiger charge is -2.38. The van der Waals surface area contributed by atoms with Crippen molar-refractivity contribution >= 4 is 11.8 Å². The fraction of sp³-hybridized carbons (Fsp3) is 1.00. The van der Waals surface area contributed by atoms with E-state index in [1.165, 1.54) is 57.5 Å². The summed E-state index contributed by atoms with van der Waals surface area (Å²) in [7, 11) is 0. The topological polar surface area (TPSA) is 29.3 Å². The van der Waals surface area contributed by atoms with E-state index in [-0.39, 0.29) is 0 Å². The van der Waals surface area contributed by atoms with Gasteiger partial charge in [0.2, 0.25) is 0 Å². The predicted molar refractivity (Wildman–Crippen MR) is 72.9 cm³/mol. The second kappa shape index (κ2) is 5.74. The molecule has 0 amide bonds. The Morgan fingerprint density at radius 3 is 2.75 bits per heavy atom. The maximum absolute atomic E-state index is 6.02. The van der Waals surface area contributed by atoms with E-state index >= 15 is 0 Å². The SMILES string of the molecule is CCC1CN(CC2(CN)CCCC2)CCS1. The van der Waals surface area contributed by atoms with Crippen LogP contribution in [-0.2, 0) is 0 Å². The van der Waals surface area contributed by atoms with Gasteiger partial charge in [-0.15, -0.1) is 0 Å². The number of hydrogen-bond acceptors (Lipinski definition) is 3. The van der Waals surface area contributed by atoms with Gasteiger partial charge in [-0.1, -0.05) is 19.8 Å². The lowest BCUT2D eigenvalue weighted by molar-refractivity contribution is 0.161. The van der Waals surface area contributed by atoms with Crippen LogP contribution in [0.3, 0.4) is 0 Å². The number of thioether (sulfide) groups is 1. The van der Waals surface area contributed by atoms with Crippen molar-refractivity contribution in [2.45, 2.75) is 44.3 Å². The molecular weight excluding hydrogens is 216 g/mol. The van der Waals surface area contributed by atoms with Crippen molar-refractivity contribution in [3.05, 3.63) is 0 Å². The summed E-state index contributed by atoms with van der Waals surface area (Å²) >= 11 is 2.16. The third-order valence-electron chi connectivity index (χ3n) is 4.33. The van der Waals surface area contributed by atoms with Gasteiger partial charge < -0.3 is 10.6 Å². The van der Waals surface area contributed by atoms with Crippen LogP contribution in [0.15, 0.2) is 0 Å². The molecular formula is C13H26N2S. The standard InChI is InChI=1S/C13H26N2S/c1-2-12-9-15(7-8-16-12)11-13(10-14)5-3-4-6-13/h12H,2-11,14H2,1H3. The summed E-state index contributed by atoms with van der Waals surface area (Å²) < 4.78 is 0. The van der Waals surface area contributed by atoms with Crippen LogP contribution in [0.5, 0.6) is 0 Å². The van der Waals surface area contributed by atoms with Gasteiger partial charge in [0.15, 0.2) is 0 Å². The molecule has 0 aromatic carbocycles. The summed E-state index contributed by atoms with van der Waals surface area (Å²) in [6.45, 7) is 7.05. The van der Waals surface area contributed by atoms with Gasteiger partial charge >= 0.3 is 0 Å². The van der Waals surface area contributed by atoms with Gasteiger partial charge in [-0.25, -0.2) is 0 Å². The minimum Gasteiger partial charge on any atom is -0.330 e. The van der Waals surface area contributed by atoms with Crippen molar-refractivity contribution in [2.75, 3.05) is 31.9 Å². The van der Waals surface area contributed by atoms with Crippen molar-refractivity contribution in [1.29, 1.82) is 0 Å². The minimum absolute atomic E-state index is 0.473. The lowest BCUT2D eigenvalue weighted by atomic mass is 9.85. The van der Waals surface area contributed by atoms with Crippen molar-refractivity contribution in [1.82, 2.24) is 4.90 Å². The molecule has 1 aliphatic carbocycles. The zero-order valence-electron chi connectivity index (χ0n) is 10.6. The summed E-state index contributed by atoms with van der Waals surface area (Å²) in [5.41, 5.74) is 6.49. The molecule has 0 aromatic heterocycles. The van der Waals surface area contributed by atoms with E-state index in [1.54, 1.807) is 0 Å². The van der Waals surface area contributed by atoms with Crippen LogP contribution < -0.4 is 5.73 Å². The Kier molecular flexibility index (Phi) is 4.57. The molecule has 0 aromatic rings. The fourth-order valence-electron chi connectivity index (χ4n) is 3.20. The summed E-state index contributed by atoms with van der Waals surface area (Å²) in [4.78, 5) is 2.68. The molecule has 1 aliphatic heterocycles. The molecule has 1 saturated heterocycles. The summed E-state index contributed by atoms with van der Waals surface area (Å²) in [5, 5.41) is 0.866. The van der Waals surface area contributed by atoms with E-state index in [0.717, 1.165) is 11.8 Å². The Morgan fingerprint density at radius 2 is 2.12 bits per heavy atom. The average molecular weight is 242 g/mol. The molecule has 1 heterocycles. The Morgan fingerprint density at radius 1 is 1.38 bits per heavy atom. The van der Waals surface area contributed by atoms with Crippen LogP contribution in [-0.4, -0.2) is 42.1 Å². The van der Waals surface area contributed by atoms with Gasteiger partial charge in [0.25, 0.3) is 0 Å². The molecule has 3 heteroatoms. The van der Waals surface area contributed by atoms with E-state index in [4.69, 9.17) is 5.73 Å². The van der Waals surface area contributed by atoms with Crippen LogP contribution >= 0.6 is 11.8 Å². The van der Waals surface area contributed by atoms with E-state index in [0.29, 0.717) is 5.41 Å². The smallest absolute Gasteiger partial charge is 0.0172 e. The maximum Gasteiger partial charge on any atom is 0.0172 e. The first kappa shape index (κ1) is 12.7. The Balaban J connectivity index is 1.87. The fourth-order valence-corrected chi connectivity index (χ4v) is 4.45. The van der Waals surface area contributed by atoms with Crippen molar-refractivity contribution in [2.24, 2.45) is 11.1 Å². The largest absolute Gasteiger partial charge is 0.330 e. The molecule has 2 aliphatic rings. The molecule has 0 radical (unpaired) electrons. The summed E-state index contributed by atoms with van der Waals surface area (Å²) in [6.07, 6.45) is 6.85. The number of nitrogens with two attached hydrogens (primary N) is 1. The lowest BCUT2D eigenvalue weighted by Crippen LogP contribution is -2.46. The summed E-state index contributed by atoms with van der Waals surface area (Å²) in [5.74, 6) is 1.32. The molecule has 2 N–H and O–H groups in total. The van der Waals surface area contributed by atoms with E-state index in [1.807, 2.05) is 0 Å². The van der Waals surface area contributed by atoms with E-state index in [9.17, 15) is 0 Å². The molecule has 1 atom stereocenters. The minimum atomic E-state index is 0.473. The maximum atomic E-state index is 6.02. The Bertz CT molecular complexity index is 214. The molecule has 1 unspecified atom stereocenters. The number of nitrogens with zero attached hydrogens (tertiary/aromatic N) is 1. The van der Waals surface area contributed by atoms with Crippen LogP contribution in [0.2, 0.25) is 0 Å². The van der Waals surface area contributed by atoms with E-state index < -0.39 is 0 Å². The Hall–Kier alpha value is 0.270. The predicted octanol–water partition coefficient (Wildman–Crippen LogP) is 2.33. The first-order chi connectivity index (χ1) is 7.78. The van der Waals surface area contributed by atoms with Crippen molar-refractivity contribution in [3.8, 4) is 0 Å². The monoisotopic (exact) mass is 242 g/mol. The third kappa shape index (κ3) is 2.93. The normalized spacial score (nSPS) is 30.8. The van der Waals surface area contributed by atoms with Crippen molar-refractivity contribution < 1.29 is 0 Å². The first-order valence-corrected chi connectivity index (χ1v) is 7.87. The van der Waals surface area contributed by atoms with Gasteiger partial charge in [0, 0.05) is 30.6 Å². The van der Waals surface area contributed by atoms with Gasteiger partial charge in [-0.2, -0.15) is 11.8 Å². The molecule has 94 valence electrons. The molecule has 0 spiro atoms. The highest BCUT2D eigenvalue weighted by molar-refractivity contribution is 8.00. The van der Waals surface area contributed by atoms with Crippen LogP contribution in [0.4, 0.5) is 0 Å². The molecule has 0 bridgehead atoms. The van der Waals surface area contributed by atoms with E-state index in [2.05, 4.69) is 23.6 Å². The molecule has 2 rings (SSSR count). The molecule has 2 fully saturated rings. The van der Waals surface area contributed by atoms with Gasteiger partial charge in [-0.05, 0) is 31.2 Å². The van der Waals surface area contributed by atoms with Gasteiger partial charge in [0.05, 0.1) is 0 Å². The van der Waals surface area contributed by atoms with Gasteiger partial charge in [0.1, 0.15) is 0 Å². The highest BCUT2D eigenvalue weighted by Crippen LogP contribution is 2.38. The second-order valence-electron chi connectivity index (χ2n) is 5.55. The zero-order chi connectivity index (χ0) is 11.4. The van der Waals surface area contributed by atoms with Gasteiger partial charge in [-0.3, -0.25) is 0 Å². The quantitative estimate of drug-likeness (QED) is 0.820. The molecule has 1 saturated carbocycles. The first-order valence-electron chi connectivity index (χ1n) is 6.82. The Labute approximate surface area is 104 Å². The zero-order valence-corrected chi connectivity index (χ0v) is 11.4. The summed E-state index contributed by atoms with van der Waals surface area (Å²) in [6, 6.07) is 0. The van der Waals surface area contributed by atoms with Crippen LogP contribution in [0, 0.1) is 5.41 Å². The van der Waals surface area contributed by atoms with Crippen LogP contribution in [0.1, 0.15) is 39.0 Å². The number of rotatable bonds is 4. The third-order valence-corrected chi connectivity index (χ3v) is 5.71. The number of hydrogen-bond donors (Lipinski definition) is 1. The van der Waals surface area contributed by atoms with Crippen molar-refractivity contribution in [3.63, 3.8) is 0 Å². The molecule has 16 heavy (non-hydrogen) atoms. The highest BCUT2D eigenvalue weighted by atomic mass is 32.2. The highest BCUT2D eigenvalue weighted by Gasteiger charge is 2.35. The van der Waals surface area contributed by atoms with Crippen LogP contribution in [0.25, 0.3) is 0 Å². The average Bonchev–Trinajstić information content (AvgIpc) is 2.78.